The van der Waals surface area contributed by atoms with Gasteiger partial charge in [0.25, 0.3) is 0 Å². The molecule has 2 amide bonds. The predicted molar refractivity (Wildman–Crippen MR) is 82.2 cm³/mol. The highest BCUT2D eigenvalue weighted by molar-refractivity contribution is 6.06. The van der Waals surface area contributed by atoms with Crippen LogP contribution in [0.1, 0.15) is 13.8 Å². The maximum atomic E-state index is 12.6. The van der Waals surface area contributed by atoms with Crippen molar-refractivity contribution in [2.45, 2.75) is 26.0 Å². The molecule has 0 aromatic rings. The van der Waals surface area contributed by atoms with Gasteiger partial charge in [0.15, 0.2) is 6.10 Å². The van der Waals surface area contributed by atoms with Gasteiger partial charge in [-0.15, -0.1) is 11.5 Å². The van der Waals surface area contributed by atoms with Crippen molar-refractivity contribution in [2.24, 2.45) is 5.92 Å². The van der Waals surface area contributed by atoms with Gasteiger partial charge in [0.05, 0.1) is 5.92 Å². The van der Waals surface area contributed by atoms with Crippen LogP contribution < -0.4 is 0 Å². The molecule has 0 aromatic carbocycles. The molecule has 0 radical (unpaired) electrons. The van der Waals surface area contributed by atoms with Crippen LogP contribution in [0.3, 0.4) is 0 Å². The molecule has 2 aliphatic carbocycles. The first-order valence-corrected chi connectivity index (χ1v) is 7.31. The number of imide groups is 1. The molecular formula is C18H15NO4. The standard InChI is InChI=1S/C18H15NO4/c1-11(12(2)20)17(21)19-15(13-7-3-4-8-13)16(23-18(19)22)14-9-5-6-10-14/h3-7,9,11,15-16H,1-2H3/t11?,15-,16+/m0/s1. The molecule has 3 atom stereocenters. The summed E-state index contributed by atoms with van der Waals surface area (Å²) in [6.07, 6.45) is 9.16. The third kappa shape index (κ3) is 2.53. The molecule has 0 N–H and O–H groups in total. The summed E-state index contributed by atoms with van der Waals surface area (Å²) in [7, 11) is 0. The predicted octanol–water partition coefficient (Wildman–Crippen LogP) is 2.23. The molecule has 1 fully saturated rings. The van der Waals surface area contributed by atoms with Crippen LogP contribution in [0.25, 0.3) is 0 Å². The normalized spacial score (nSPS) is 25.7. The van der Waals surface area contributed by atoms with E-state index in [1.165, 1.54) is 13.8 Å². The number of cyclic esters (lactones) is 1. The van der Waals surface area contributed by atoms with Gasteiger partial charge in [-0.3, -0.25) is 9.59 Å². The Bertz CT molecular complexity index is 786. The lowest BCUT2D eigenvalue weighted by Crippen LogP contribution is -2.45. The Labute approximate surface area is 133 Å². The Kier molecular flexibility index (Phi) is 3.75. The minimum Gasteiger partial charge on any atom is -0.438 e. The number of ether oxygens (including phenoxy) is 1. The highest BCUT2D eigenvalue weighted by Crippen LogP contribution is 2.33. The van der Waals surface area contributed by atoms with Crippen LogP contribution >= 0.6 is 0 Å². The molecule has 0 saturated carbocycles. The van der Waals surface area contributed by atoms with E-state index in [1.54, 1.807) is 36.5 Å². The van der Waals surface area contributed by atoms with Crippen molar-refractivity contribution in [3.63, 3.8) is 0 Å². The molecule has 0 spiro atoms. The molecule has 23 heavy (non-hydrogen) atoms. The topological polar surface area (TPSA) is 63.7 Å². The summed E-state index contributed by atoms with van der Waals surface area (Å²) in [6.45, 7) is 2.82. The Balaban J connectivity index is 2.02. The van der Waals surface area contributed by atoms with Crippen LogP contribution in [0, 0.1) is 5.92 Å². The highest BCUT2D eigenvalue weighted by Gasteiger charge is 2.49. The summed E-state index contributed by atoms with van der Waals surface area (Å²) >= 11 is 0. The van der Waals surface area contributed by atoms with Gasteiger partial charge < -0.3 is 4.74 Å². The van der Waals surface area contributed by atoms with Gasteiger partial charge in [-0.2, -0.15) is 0 Å². The first kappa shape index (κ1) is 15.0. The maximum Gasteiger partial charge on any atom is 0.418 e. The highest BCUT2D eigenvalue weighted by atomic mass is 16.6. The van der Waals surface area contributed by atoms with Gasteiger partial charge in [0, 0.05) is 11.1 Å². The summed E-state index contributed by atoms with van der Waals surface area (Å²) < 4.78 is 5.41. The Morgan fingerprint density at radius 1 is 1.17 bits per heavy atom. The van der Waals surface area contributed by atoms with E-state index in [2.05, 4.69) is 11.5 Å². The zero-order valence-electron chi connectivity index (χ0n) is 12.8. The van der Waals surface area contributed by atoms with Crippen molar-refractivity contribution in [1.29, 1.82) is 0 Å². The fraction of sp³-hybridized carbons (Fsp3) is 0.278. The van der Waals surface area contributed by atoms with Crippen LogP contribution in [-0.4, -0.2) is 34.8 Å². The van der Waals surface area contributed by atoms with Crippen LogP contribution in [-0.2, 0) is 14.3 Å². The van der Waals surface area contributed by atoms with E-state index in [0.717, 1.165) is 4.90 Å². The van der Waals surface area contributed by atoms with Crippen molar-refractivity contribution in [1.82, 2.24) is 4.90 Å². The van der Waals surface area contributed by atoms with Crippen LogP contribution in [0.4, 0.5) is 4.79 Å². The number of rotatable bonds is 4. The van der Waals surface area contributed by atoms with Gasteiger partial charge in [-0.25, -0.2) is 9.69 Å². The summed E-state index contributed by atoms with van der Waals surface area (Å²) in [5.41, 5.74) is 7.38. The number of allylic oxidation sites excluding steroid dienone is 2. The van der Waals surface area contributed by atoms with Gasteiger partial charge >= 0.3 is 6.09 Å². The van der Waals surface area contributed by atoms with Gasteiger partial charge in [-0.1, -0.05) is 12.2 Å². The van der Waals surface area contributed by atoms with E-state index in [9.17, 15) is 14.4 Å². The molecule has 0 bridgehead atoms. The summed E-state index contributed by atoms with van der Waals surface area (Å²) in [5, 5.41) is 0. The van der Waals surface area contributed by atoms with E-state index >= 15 is 0 Å². The first-order valence-electron chi connectivity index (χ1n) is 7.31. The number of Topliss-reactive ketones (excluding diaryl/α,β-unsaturated/α-hetero) is 1. The number of amides is 2. The van der Waals surface area contributed by atoms with Crippen molar-refractivity contribution in [3.05, 3.63) is 59.1 Å². The summed E-state index contributed by atoms with van der Waals surface area (Å²) in [4.78, 5) is 37.5. The molecular weight excluding hydrogens is 294 g/mol. The first-order chi connectivity index (χ1) is 11.0. The van der Waals surface area contributed by atoms with Crippen molar-refractivity contribution in [3.8, 4) is 0 Å². The van der Waals surface area contributed by atoms with Crippen molar-refractivity contribution < 1.29 is 19.1 Å². The largest absolute Gasteiger partial charge is 0.438 e. The molecule has 3 rings (SSSR count). The fourth-order valence-electron chi connectivity index (χ4n) is 2.67. The second-order valence-electron chi connectivity index (χ2n) is 5.54. The van der Waals surface area contributed by atoms with Crippen molar-refractivity contribution >= 4 is 17.8 Å². The zero-order valence-corrected chi connectivity index (χ0v) is 12.8. The van der Waals surface area contributed by atoms with Gasteiger partial charge in [0.1, 0.15) is 11.8 Å². The van der Waals surface area contributed by atoms with E-state index in [-0.39, 0.29) is 5.78 Å². The third-order valence-electron chi connectivity index (χ3n) is 4.08. The van der Waals surface area contributed by atoms with E-state index < -0.39 is 30.1 Å². The second-order valence-corrected chi connectivity index (χ2v) is 5.54. The van der Waals surface area contributed by atoms with Crippen LogP contribution in [0.15, 0.2) is 59.1 Å². The molecule has 1 heterocycles. The second kappa shape index (κ2) is 5.73. The summed E-state index contributed by atoms with van der Waals surface area (Å²) in [5.74, 6) is -1.75. The minimum atomic E-state index is -0.901. The lowest BCUT2D eigenvalue weighted by atomic mass is 9.95. The third-order valence-corrected chi connectivity index (χ3v) is 4.08. The number of carbonyl (C=O) groups is 3. The van der Waals surface area contributed by atoms with E-state index in [0.29, 0.717) is 11.1 Å². The molecule has 1 aliphatic heterocycles. The van der Waals surface area contributed by atoms with Crippen LogP contribution in [0.5, 0.6) is 0 Å². The lowest BCUT2D eigenvalue weighted by Gasteiger charge is -2.24. The average Bonchev–Trinajstić information content (AvgIpc) is 3.25. The number of hydrogen-bond donors (Lipinski definition) is 0. The number of nitrogens with zero attached hydrogens (tertiary/aromatic N) is 1. The lowest BCUT2D eigenvalue weighted by molar-refractivity contribution is -0.137. The molecule has 5 nitrogen and oxygen atoms in total. The average molecular weight is 309 g/mol. The quantitative estimate of drug-likeness (QED) is 0.590. The van der Waals surface area contributed by atoms with Gasteiger partial charge in [-0.05, 0) is 38.2 Å². The Hall–Kier alpha value is -2.87. The monoisotopic (exact) mass is 309 g/mol. The molecule has 116 valence electrons. The maximum absolute atomic E-state index is 12.6. The van der Waals surface area contributed by atoms with Crippen molar-refractivity contribution in [2.75, 3.05) is 0 Å². The van der Waals surface area contributed by atoms with E-state index in [4.69, 9.17) is 4.74 Å². The number of hydrogen-bond acceptors (Lipinski definition) is 4. The zero-order chi connectivity index (χ0) is 16.6. The molecule has 5 heteroatoms. The molecule has 0 aromatic heterocycles. The smallest absolute Gasteiger partial charge is 0.418 e. The summed E-state index contributed by atoms with van der Waals surface area (Å²) in [6, 6.07) is -0.648. The van der Waals surface area contributed by atoms with E-state index in [1.807, 2.05) is 0 Å². The Morgan fingerprint density at radius 3 is 2.30 bits per heavy atom. The fourth-order valence-corrected chi connectivity index (χ4v) is 2.67. The number of ketones is 1. The van der Waals surface area contributed by atoms with Gasteiger partial charge in [0.2, 0.25) is 5.91 Å². The SMILES string of the molecule is CC(=O)C(C)C(=O)N1C(=O)O[C@H](C2=C=CC=C2)[C@@H]1C1=C=CC=C1. The number of carbonyl (C=O) groups excluding carboxylic acids is 3. The molecule has 1 saturated heterocycles. The minimum absolute atomic E-state index is 0.295. The van der Waals surface area contributed by atoms with Crippen LogP contribution in [0.2, 0.25) is 0 Å². The molecule has 3 aliphatic rings. The molecule has 1 unspecified atom stereocenters. The Morgan fingerprint density at radius 2 is 1.78 bits per heavy atom.